The summed E-state index contributed by atoms with van der Waals surface area (Å²) in [5.41, 5.74) is 1.88. The van der Waals surface area contributed by atoms with Crippen molar-refractivity contribution >= 4 is 46.3 Å². The van der Waals surface area contributed by atoms with Gasteiger partial charge in [0, 0.05) is 38.3 Å². The number of amides is 4. The molecule has 3 aromatic carbocycles. The number of Topliss-reactive ketones (excluding diaryl/α,β-unsaturated/α-hetero) is 2. The Morgan fingerprint density at radius 2 is 1.18 bits per heavy atom. The molecule has 2 atom stereocenters. The SMILES string of the molecule is CN1CCC(C(=O)NCC(=O)c2ccc(-c3ccc4cc(C(=O)CNC(=O)[C@@H]5CCN(C)N5C(=O)OC(C)(C)C)ccc4c3)cc2)N1C(=O)O. The summed E-state index contributed by atoms with van der Waals surface area (Å²) in [6, 6.07) is 16.4. The molecule has 14 heteroatoms. The van der Waals surface area contributed by atoms with E-state index in [1.807, 2.05) is 24.3 Å². The van der Waals surface area contributed by atoms with Crippen molar-refractivity contribution < 1.29 is 38.6 Å². The van der Waals surface area contributed by atoms with Gasteiger partial charge in [0.15, 0.2) is 11.6 Å². The third-order valence-electron chi connectivity index (χ3n) is 8.71. The first-order chi connectivity index (χ1) is 23.6. The molecule has 3 aromatic rings. The van der Waals surface area contributed by atoms with Crippen LogP contribution in [0.2, 0.25) is 0 Å². The number of fused-ring (bicyclic) bond motifs is 1. The molecule has 14 nitrogen and oxygen atoms in total. The van der Waals surface area contributed by atoms with Crippen LogP contribution in [0.1, 0.15) is 54.3 Å². The number of rotatable bonds is 9. The molecular weight excluding hydrogens is 644 g/mol. The number of carbonyl (C=O) groups excluding carboxylic acids is 5. The fraction of sp³-hybridized carbons (Fsp3) is 0.389. The van der Waals surface area contributed by atoms with E-state index in [-0.39, 0.29) is 24.7 Å². The average Bonchev–Trinajstić information content (AvgIpc) is 3.67. The molecule has 2 aliphatic rings. The molecule has 50 heavy (non-hydrogen) atoms. The van der Waals surface area contributed by atoms with E-state index in [4.69, 9.17) is 4.74 Å². The number of ketones is 2. The fourth-order valence-electron chi connectivity index (χ4n) is 6.12. The molecule has 2 aliphatic heterocycles. The van der Waals surface area contributed by atoms with Gasteiger partial charge in [-0.3, -0.25) is 19.2 Å². The van der Waals surface area contributed by atoms with Gasteiger partial charge in [0.05, 0.1) is 13.1 Å². The summed E-state index contributed by atoms with van der Waals surface area (Å²) in [6.07, 6.45) is -1.08. The topological polar surface area (TPSA) is 169 Å². The summed E-state index contributed by atoms with van der Waals surface area (Å²) in [5.74, 6) is -1.52. The minimum Gasteiger partial charge on any atom is -0.464 e. The molecule has 2 saturated heterocycles. The fourth-order valence-corrected chi connectivity index (χ4v) is 6.12. The van der Waals surface area contributed by atoms with E-state index in [2.05, 4.69) is 10.6 Å². The highest BCUT2D eigenvalue weighted by Crippen LogP contribution is 2.26. The van der Waals surface area contributed by atoms with Crippen molar-refractivity contribution in [3.8, 4) is 11.1 Å². The molecule has 0 aromatic heterocycles. The van der Waals surface area contributed by atoms with Gasteiger partial charge in [-0.05, 0) is 67.6 Å². The van der Waals surface area contributed by atoms with Gasteiger partial charge in [-0.2, -0.15) is 0 Å². The van der Waals surface area contributed by atoms with E-state index >= 15 is 0 Å². The normalized spacial score (nSPS) is 18.3. The highest BCUT2D eigenvalue weighted by Gasteiger charge is 2.41. The van der Waals surface area contributed by atoms with Crippen LogP contribution in [0.3, 0.4) is 0 Å². The number of hydrogen-bond acceptors (Lipinski definition) is 9. The Morgan fingerprint density at radius 1 is 0.700 bits per heavy atom. The first-order valence-electron chi connectivity index (χ1n) is 16.4. The van der Waals surface area contributed by atoms with Gasteiger partial charge in [-0.15, -0.1) is 0 Å². The summed E-state index contributed by atoms with van der Waals surface area (Å²) < 4.78 is 5.46. The lowest BCUT2D eigenvalue weighted by atomic mass is 9.98. The first-order valence-corrected chi connectivity index (χ1v) is 16.4. The molecule has 2 fully saturated rings. The molecule has 264 valence electrons. The van der Waals surface area contributed by atoms with Crippen molar-refractivity contribution in [3.05, 3.63) is 71.8 Å². The molecule has 0 radical (unpaired) electrons. The Balaban J connectivity index is 1.17. The smallest absolute Gasteiger partial charge is 0.425 e. The molecule has 4 amide bonds. The van der Waals surface area contributed by atoms with Gasteiger partial charge >= 0.3 is 12.2 Å². The lowest BCUT2D eigenvalue weighted by Crippen LogP contribution is -2.52. The Bertz CT molecular complexity index is 1820. The largest absolute Gasteiger partial charge is 0.464 e. The molecule has 3 N–H and O–H groups in total. The van der Waals surface area contributed by atoms with Crippen LogP contribution in [0.15, 0.2) is 60.7 Å². The molecule has 0 aliphatic carbocycles. The molecule has 1 unspecified atom stereocenters. The van der Waals surface area contributed by atoms with Crippen LogP contribution in [0.4, 0.5) is 9.59 Å². The zero-order valence-corrected chi connectivity index (χ0v) is 28.8. The van der Waals surface area contributed by atoms with E-state index in [0.29, 0.717) is 37.1 Å². The first kappa shape index (κ1) is 36.0. The van der Waals surface area contributed by atoms with Gasteiger partial charge in [-0.25, -0.2) is 29.6 Å². The van der Waals surface area contributed by atoms with Crippen LogP contribution in [-0.4, -0.2) is 119 Å². The predicted octanol–water partition coefficient (Wildman–Crippen LogP) is 3.56. The number of carboxylic acid groups (broad SMARTS) is 1. The van der Waals surface area contributed by atoms with Gasteiger partial charge in [0.25, 0.3) is 0 Å². The van der Waals surface area contributed by atoms with Gasteiger partial charge in [0.2, 0.25) is 11.8 Å². The summed E-state index contributed by atoms with van der Waals surface area (Å²) in [6.45, 7) is 5.70. The number of benzene rings is 3. The maximum Gasteiger partial charge on any atom is 0.425 e. The number of ether oxygens (including phenoxy) is 1. The molecule has 0 spiro atoms. The zero-order valence-electron chi connectivity index (χ0n) is 28.8. The molecular formula is C36H42N6O8. The molecule has 0 saturated carbocycles. The Kier molecular flexibility index (Phi) is 10.5. The summed E-state index contributed by atoms with van der Waals surface area (Å²) in [5, 5.41) is 21.7. The predicted molar refractivity (Wildman–Crippen MR) is 184 cm³/mol. The number of hydrogen-bond donors (Lipinski definition) is 3. The minimum atomic E-state index is -1.22. The van der Waals surface area contributed by atoms with Gasteiger partial charge in [-0.1, -0.05) is 48.5 Å². The maximum atomic E-state index is 13.0. The number of carbonyl (C=O) groups is 6. The Hall–Kier alpha value is -5.34. The van der Waals surface area contributed by atoms with Gasteiger partial charge < -0.3 is 20.5 Å². The van der Waals surface area contributed by atoms with Crippen LogP contribution < -0.4 is 10.6 Å². The van der Waals surface area contributed by atoms with E-state index < -0.39 is 41.7 Å². The lowest BCUT2D eigenvalue weighted by molar-refractivity contribution is -0.129. The van der Waals surface area contributed by atoms with E-state index in [9.17, 15) is 33.9 Å². The Labute approximate surface area is 289 Å². The second-order valence-corrected chi connectivity index (χ2v) is 13.5. The van der Waals surface area contributed by atoms with Crippen molar-refractivity contribution in [3.63, 3.8) is 0 Å². The second kappa shape index (κ2) is 14.6. The van der Waals surface area contributed by atoms with Gasteiger partial charge in [0.1, 0.15) is 17.7 Å². The summed E-state index contributed by atoms with van der Waals surface area (Å²) in [4.78, 5) is 75.6. The monoisotopic (exact) mass is 686 g/mol. The average molecular weight is 687 g/mol. The summed E-state index contributed by atoms with van der Waals surface area (Å²) in [7, 11) is 3.30. The van der Waals surface area contributed by atoms with E-state index in [0.717, 1.165) is 26.9 Å². The second-order valence-electron chi connectivity index (χ2n) is 13.5. The highest BCUT2D eigenvalue weighted by atomic mass is 16.6. The van der Waals surface area contributed by atoms with Crippen molar-refractivity contribution in [1.29, 1.82) is 0 Å². The molecule has 5 rings (SSSR count). The number of hydrazine groups is 2. The van der Waals surface area contributed by atoms with Crippen molar-refractivity contribution in [1.82, 2.24) is 30.7 Å². The standard InChI is InChI=1S/C36H42N6O8/c1-36(2,3)50-35(49)42-29(15-17-40(42)5)33(46)38-21-31(44)27-13-12-25-18-24(10-11-26(25)19-27)22-6-8-23(9-7-22)30(43)20-37-32(45)28-14-16-39(4)41(28)34(47)48/h6-13,18-19,28-29H,14-17,20-21H2,1-5H3,(H,37,45)(H,38,46)(H,47,48)/t28?,29-/m0/s1. The summed E-state index contributed by atoms with van der Waals surface area (Å²) >= 11 is 0. The Morgan fingerprint density at radius 3 is 1.76 bits per heavy atom. The van der Waals surface area contributed by atoms with Crippen LogP contribution in [-0.2, 0) is 14.3 Å². The number of nitrogens with zero attached hydrogens (tertiary/aromatic N) is 4. The highest BCUT2D eigenvalue weighted by molar-refractivity contribution is 6.03. The third kappa shape index (κ3) is 8.09. The lowest BCUT2D eigenvalue weighted by Gasteiger charge is -2.31. The van der Waals surface area contributed by atoms with Crippen molar-refractivity contribution in [2.24, 2.45) is 0 Å². The van der Waals surface area contributed by atoms with E-state index in [1.54, 1.807) is 76.3 Å². The maximum absolute atomic E-state index is 13.0. The quantitative estimate of drug-likeness (QED) is 0.283. The zero-order chi connectivity index (χ0) is 36.3. The van der Waals surface area contributed by atoms with Crippen molar-refractivity contribution in [2.45, 2.75) is 51.3 Å². The van der Waals surface area contributed by atoms with E-state index in [1.165, 1.54) is 10.0 Å². The molecule has 0 bridgehead atoms. The number of nitrogens with one attached hydrogen (secondary N) is 2. The minimum absolute atomic E-state index is 0.224. The van der Waals surface area contributed by atoms with Crippen LogP contribution in [0, 0.1) is 0 Å². The van der Waals surface area contributed by atoms with Crippen LogP contribution >= 0.6 is 0 Å². The third-order valence-corrected chi connectivity index (χ3v) is 8.71. The van der Waals surface area contributed by atoms with Crippen LogP contribution in [0.25, 0.3) is 21.9 Å². The molecule has 2 heterocycles. The van der Waals surface area contributed by atoms with Crippen molar-refractivity contribution in [2.75, 3.05) is 40.3 Å². The van der Waals surface area contributed by atoms with Crippen LogP contribution in [0.5, 0.6) is 0 Å².